The van der Waals surface area contributed by atoms with Crippen molar-refractivity contribution in [3.63, 3.8) is 0 Å². The fraction of sp³-hybridized carbons (Fsp3) is 0.565. The molecule has 37 heavy (non-hydrogen) atoms. The average Bonchev–Trinajstić information content (AvgIpc) is 2.82. The molecule has 2 rings (SSSR count). The summed E-state index contributed by atoms with van der Waals surface area (Å²) >= 11 is 0. The van der Waals surface area contributed by atoms with E-state index in [0.29, 0.717) is 0 Å². The van der Waals surface area contributed by atoms with E-state index >= 15 is 0 Å². The molecule has 0 aliphatic carbocycles. The van der Waals surface area contributed by atoms with E-state index in [-0.39, 0.29) is 39.3 Å². The topological polar surface area (TPSA) is 169 Å². The van der Waals surface area contributed by atoms with Crippen molar-refractivity contribution in [2.45, 2.75) is 74.3 Å². The maximum Gasteiger partial charge on any atom is 0.192 e. The molecule has 2 aromatic heterocycles. The Hall–Kier alpha value is -1.48. The maximum atomic E-state index is 12.1. The first kappa shape index (κ1) is 37.7. The maximum absolute atomic E-state index is 12.1. The Balaban J connectivity index is 0. The Bertz CT molecular complexity index is 1170. The van der Waals surface area contributed by atoms with E-state index in [1.807, 2.05) is 34.6 Å². The number of aliphatic hydroxyl groups is 1. The minimum absolute atomic E-state index is 0. The van der Waals surface area contributed by atoms with Crippen LogP contribution in [0.4, 0.5) is 0 Å². The Kier molecular flexibility index (Phi) is 16.8. The van der Waals surface area contributed by atoms with Gasteiger partial charge in [0, 0.05) is 44.1 Å². The lowest BCUT2D eigenvalue weighted by molar-refractivity contribution is 0.399. The predicted octanol–water partition coefficient (Wildman–Crippen LogP) is 2.91. The number of nitrogens with two attached hydrogens (primary N) is 1. The number of halogens is 1. The Morgan fingerprint density at radius 2 is 1.30 bits per heavy atom. The highest BCUT2D eigenvalue weighted by atomic mass is 35.5. The number of hydrogen-bond donors (Lipinski definition) is 3. The van der Waals surface area contributed by atoms with Gasteiger partial charge in [-0.2, -0.15) is 0 Å². The minimum atomic E-state index is -3.29. The number of hydrogen-bond acceptors (Lipinski definition) is 9. The summed E-state index contributed by atoms with van der Waals surface area (Å²) in [4.78, 5) is 7.81. The van der Waals surface area contributed by atoms with Crippen LogP contribution in [0, 0.1) is 0 Å². The molecule has 10 nitrogen and oxygen atoms in total. The van der Waals surface area contributed by atoms with Crippen molar-refractivity contribution < 1.29 is 26.2 Å². The highest BCUT2D eigenvalue weighted by Crippen LogP contribution is 2.20. The van der Waals surface area contributed by atoms with Crippen molar-refractivity contribution in [1.29, 1.82) is 0 Å². The van der Waals surface area contributed by atoms with E-state index in [1.54, 1.807) is 12.1 Å². The van der Waals surface area contributed by atoms with Crippen molar-refractivity contribution >= 4 is 43.1 Å². The number of pyridine rings is 2. The van der Waals surface area contributed by atoms with Crippen LogP contribution in [0.1, 0.15) is 70.7 Å². The molecule has 2 aromatic rings. The lowest BCUT2D eigenvalue weighted by Gasteiger charge is -2.23. The van der Waals surface area contributed by atoms with Crippen LogP contribution in [0.15, 0.2) is 46.7 Å². The second-order valence-electron chi connectivity index (χ2n) is 8.88. The molecule has 0 aliphatic rings. The zero-order valence-corrected chi connectivity index (χ0v) is 25.9. The molecule has 0 spiro atoms. The molecular weight excluding hydrogens is 560 g/mol. The van der Waals surface area contributed by atoms with Crippen LogP contribution in [-0.4, -0.2) is 60.5 Å². The van der Waals surface area contributed by atoms with Crippen LogP contribution in [0.5, 0.6) is 0 Å². The van der Waals surface area contributed by atoms with Gasteiger partial charge in [0.1, 0.15) is 0 Å². The third-order valence-electron chi connectivity index (χ3n) is 4.76. The highest BCUT2D eigenvalue weighted by Gasteiger charge is 2.23. The van der Waals surface area contributed by atoms with Crippen molar-refractivity contribution in [3.8, 4) is 0 Å². The lowest BCUT2D eigenvalue weighted by atomic mass is 10.1. The van der Waals surface area contributed by atoms with Crippen molar-refractivity contribution in [2.75, 3.05) is 19.6 Å². The van der Waals surface area contributed by atoms with Crippen LogP contribution in [0.3, 0.4) is 0 Å². The predicted molar refractivity (Wildman–Crippen MR) is 151 cm³/mol. The number of aliphatic hydroxyl groups excluding tert-OH is 1. The van der Waals surface area contributed by atoms with E-state index in [9.17, 15) is 21.0 Å². The Labute approximate surface area is 230 Å². The average molecular weight is 601 g/mol. The van der Waals surface area contributed by atoms with Crippen molar-refractivity contribution in [3.05, 3.63) is 47.8 Å². The molecular formula is C23H41ClN4O6S3. The number of sulfone groups is 2. The number of nitrogens with one attached hydrogen (secondary N) is 1. The summed E-state index contributed by atoms with van der Waals surface area (Å²) in [6.45, 7) is 9.63. The van der Waals surface area contributed by atoms with Gasteiger partial charge in [0.05, 0.1) is 15.7 Å². The minimum Gasteiger partial charge on any atom is -0.400 e. The quantitative estimate of drug-likeness (QED) is 0.412. The van der Waals surface area contributed by atoms with E-state index in [2.05, 4.69) is 14.7 Å². The van der Waals surface area contributed by atoms with E-state index in [0.717, 1.165) is 43.6 Å². The summed E-state index contributed by atoms with van der Waals surface area (Å²) < 4.78 is 59.7. The first-order chi connectivity index (χ1) is 16.5. The molecule has 0 amide bonds. The van der Waals surface area contributed by atoms with Gasteiger partial charge in [0.25, 0.3) is 0 Å². The van der Waals surface area contributed by atoms with Crippen LogP contribution in [-0.2, 0) is 30.7 Å². The summed E-state index contributed by atoms with van der Waals surface area (Å²) in [5, 5.41) is 7.14. The van der Waals surface area contributed by atoms with Crippen LogP contribution >= 0.6 is 12.4 Å². The first-order valence-corrected chi connectivity index (χ1v) is 16.1. The molecule has 0 aliphatic heterocycles. The van der Waals surface area contributed by atoms with E-state index in [4.69, 9.17) is 10.8 Å². The fourth-order valence-corrected chi connectivity index (χ4v) is 4.61. The molecule has 0 bridgehead atoms. The van der Waals surface area contributed by atoms with E-state index < -0.39 is 30.7 Å². The fourth-order valence-electron chi connectivity index (χ4n) is 2.58. The summed E-state index contributed by atoms with van der Waals surface area (Å²) in [7, 11) is -6.68. The Morgan fingerprint density at radius 1 is 0.892 bits per heavy atom. The standard InChI is InChI=1S/C13H22N2O3S2.C9H14N2O2S.CH4O.ClH/c1-6-11(15-19(16)13(2,3)4)10-7-8-12(14-9-10)20(5,17)18;1-3-8(10)7-4-5-9(11-6-7)14(2,12)13;1-2;/h7-9,11,15H,6H2,1-5H3;4-6,8H,3,10H2,1-2H3;2H,1H3;1H/t11-,19+;8-;;/m00../s1. The van der Waals surface area contributed by atoms with Gasteiger partial charge < -0.3 is 10.8 Å². The van der Waals surface area contributed by atoms with Crippen molar-refractivity contribution in [2.24, 2.45) is 5.73 Å². The number of nitrogens with zero attached hydrogens (tertiary/aromatic N) is 2. The van der Waals surface area contributed by atoms with Gasteiger partial charge in [-0.1, -0.05) is 26.0 Å². The number of aromatic nitrogens is 2. The lowest BCUT2D eigenvalue weighted by Crippen LogP contribution is -2.35. The molecule has 0 radical (unpaired) electrons. The molecule has 0 fully saturated rings. The van der Waals surface area contributed by atoms with Crippen LogP contribution < -0.4 is 10.5 Å². The number of rotatable bonds is 8. The van der Waals surface area contributed by atoms with Gasteiger partial charge in [0.2, 0.25) is 0 Å². The second-order valence-corrected chi connectivity index (χ2v) is 14.8. The summed E-state index contributed by atoms with van der Waals surface area (Å²) in [5.74, 6) is 0. The zero-order valence-electron chi connectivity index (χ0n) is 22.6. The largest absolute Gasteiger partial charge is 0.400 e. The van der Waals surface area contributed by atoms with Gasteiger partial charge in [-0.3, -0.25) is 0 Å². The summed E-state index contributed by atoms with van der Waals surface area (Å²) in [6, 6.07) is 6.20. The second kappa shape index (κ2) is 16.5. The van der Waals surface area contributed by atoms with E-state index in [1.165, 1.54) is 24.5 Å². The molecule has 2 heterocycles. The monoisotopic (exact) mass is 600 g/mol. The molecule has 0 unspecified atom stereocenters. The normalized spacial score (nSPS) is 14.0. The first-order valence-electron chi connectivity index (χ1n) is 11.2. The Morgan fingerprint density at radius 3 is 1.57 bits per heavy atom. The SMILES string of the molecule is CC[C@H](N)c1ccc(S(C)(=O)=O)nc1.CC[C@H](N[S@](=O)C(C)(C)C)c1ccc(S(C)(=O)=O)nc1.CO.Cl. The smallest absolute Gasteiger partial charge is 0.192 e. The molecule has 14 heteroatoms. The molecule has 214 valence electrons. The molecule has 3 atom stereocenters. The van der Waals surface area contributed by atoms with Gasteiger partial charge in [-0.25, -0.2) is 35.7 Å². The van der Waals surface area contributed by atoms with Crippen molar-refractivity contribution in [1.82, 2.24) is 14.7 Å². The van der Waals surface area contributed by atoms with Crippen LogP contribution in [0.25, 0.3) is 0 Å². The zero-order chi connectivity index (χ0) is 28.3. The van der Waals surface area contributed by atoms with Crippen LogP contribution in [0.2, 0.25) is 0 Å². The molecule has 0 saturated carbocycles. The molecule has 0 aromatic carbocycles. The highest BCUT2D eigenvalue weighted by molar-refractivity contribution is 7.90. The van der Waals surface area contributed by atoms with Gasteiger partial charge in [0.15, 0.2) is 29.7 Å². The summed E-state index contributed by atoms with van der Waals surface area (Å²) in [5.41, 5.74) is 7.46. The van der Waals surface area contributed by atoms with Gasteiger partial charge in [-0.05, 0) is 56.9 Å². The van der Waals surface area contributed by atoms with Gasteiger partial charge >= 0.3 is 0 Å². The molecule has 4 N–H and O–H groups in total. The third-order valence-corrected chi connectivity index (χ3v) is 8.38. The summed E-state index contributed by atoms with van der Waals surface area (Å²) in [6.07, 6.45) is 6.84. The van der Waals surface area contributed by atoms with Gasteiger partial charge in [-0.15, -0.1) is 12.4 Å². The third kappa shape index (κ3) is 13.2. The molecule has 0 saturated heterocycles.